The SMILES string of the molecule is CC1(C)OB(B2OC(C)(C)C(C)(C)O2)OC1(C)C.CCS(=O)(=O)Cc1ccc(C(=O)c2ccc(F)cc2Cl)c(-c2cn(C)c(=O)cc2F)c1.CCS(=O)(=O)Cc1ccc(C(=O)c2ccc(F)cc2Cl)c(B2OC(C)(C)C(C)(C)O2)c1.CCS(=O)(=O)Cc1ccc(C(=O)c2ccc(F)cc2Cl)c(Br)c1.CCS(=O)(=O)Cc1ccc2c(c1)-c1cn(C)c(=O)cc1N(C)N=C2c1ccc(F)cc1Cl.Cn1cc(Br)c(F)cc1=O. The van der Waals surface area contributed by atoms with Crippen LogP contribution in [0.2, 0.25) is 20.1 Å². The molecule has 0 N–H and O–H groups in total. The number of nitrogens with zero attached hydrogens (tertiary/aromatic N) is 5. The van der Waals surface area contributed by atoms with Gasteiger partial charge in [-0.15, -0.1) is 0 Å². The van der Waals surface area contributed by atoms with Crippen LogP contribution >= 0.6 is 78.3 Å². The predicted octanol–water partition coefficient (Wildman–Crippen LogP) is 20.0. The molecule has 7 heterocycles. The van der Waals surface area contributed by atoms with E-state index in [1.165, 1.54) is 96.2 Å². The van der Waals surface area contributed by atoms with Gasteiger partial charge in [-0.1, -0.05) is 139 Å². The van der Waals surface area contributed by atoms with Gasteiger partial charge in [0.2, 0.25) is 0 Å². The topological polar surface area (TPSA) is 325 Å². The fourth-order valence-electron chi connectivity index (χ4n) is 14.6. The highest BCUT2D eigenvalue weighted by Gasteiger charge is 2.64. The molecule has 4 aliphatic rings. The third kappa shape index (κ3) is 28.6. The molecule has 3 fully saturated rings. The lowest BCUT2D eigenvalue weighted by Crippen LogP contribution is -2.41. The third-order valence-electron chi connectivity index (χ3n) is 25.3. The summed E-state index contributed by atoms with van der Waals surface area (Å²) in [4.78, 5) is 73.8. The first-order chi connectivity index (χ1) is 67.1. The number of aromatic nitrogens is 3. The van der Waals surface area contributed by atoms with Crippen LogP contribution in [0.15, 0.2) is 211 Å². The van der Waals surface area contributed by atoms with Crippen molar-refractivity contribution in [3.8, 4) is 22.3 Å². The van der Waals surface area contributed by atoms with Crippen molar-refractivity contribution in [2.24, 2.45) is 26.2 Å². The molecule has 0 spiro atoms. The maximum absolute atomic E-state index is 14.7. The van der Waals surface area contributed by atoms with E-state index in [4.69, 9.17) is 74.3 Å². The van der Waals surface area contributed by atoms with Gasteiger partial charge < -0.3 is 41.6 Å². The summed E-state index contributed by atoms with van der Waals surface area (Å²) in [6.45, 7) is 30.0. The average molecular weight is 2290 g/mol. The van der Waals surface area contributed by atoms with Crippen molar-refractivity contribution in [1.29, 1.82) is 0 Å². The molecule has 4 aliphatic heterocycles. The number of sulfone groups is 4. The molecule has 772 valence electrons. The van der Waals surface area contributed by atoms with Gasteiger partial charge in [0.15, 0.2) is 56.7 Å². The van der Waals surface area contributed by atoms with Gasteiger partial charge in [-0.3, -0.25) is 33.8 Å². The first-order valence-electron chi connectivity index (χ1n) is 45.0. The molecule has 0 amide bonds. The van der Waals surface area contributed by atoms with Crippen molar-refractivity contribution >= 4 is 173 Å². The van der Waals surface area contributed by atoms with Crippen LogP contribution in [0.4, 0.5) is 32.0 Å². The maximum Gasteiger partial charge on any atom is 0.495 e. The van der Waals surface area contributed by atoms with Crippen LogP contribution in [0, 0.1) is 34.9 Å². The Kier molecular flexibility index (Phi) is 37.5. The Morgan fingerprint density at radius 1 is 0.338 bits per heavy atom. The summed E-state index contributed by atoms with van der Waals surface area (Å²) in [5.74, 6) is -5.58. The highest BCUT2D eigenvalue weighted by Crippen LogP contribution is 2.45. The van der Waals surface area contributed by atoms with Gasteiger partial charge in [-0.05, 0) is 235 Å². The van der Waals surface area contributed by atoms with E-state index >= 15 is 0 Å². The largest absolute Gasteiger partial charge is 0.495 e. The maximum atomic E-state index is 14.7. The predicted molar refractivity (Wildman–Crippen MR) is 565 cm³/mol. The Labute approximate surface area is 877 Å². The van der Waals surface area contributed by atoms with E-state index in [1.807, 2.05) is 83.1 Å². The Balaban J connectivity index is 0.000000183. The minimum Gasteiger partial charge on any atom is -0.405 e. The van der Waals surface area contributed by atoms with Crippen molar-refractivity contribution in [2.75, 3.05) is 35.1 Å². The van der Waals surface area contributed by atoms with Crippen LogP contribution in [-0.4, -0.2) is 155 Å². The van der Waals surface area contributed by atoms with E-state index in [-0.39, 0.29) is 144 Å². The third-order valence-corrected chi connectivity index (χ3v) is 34.4. The second-order valence-corrected chi connectivity index (χ2v) is 50.2. The average Bonchev–Trinajstić information content (AvgIpc) is 1.60. The quantitative estimate of drug-likeness (QED) is 0.0345. The zero-order valence-electron chi connectivity index (χ0n) is 82.8. The number of hydrazone groups is 1. The molecule has 25 nitrogen and oxygen atoms in total. The Morgan fingerprint density at radius 3 is 1.06 bits per heavy atom. The number of fused-ring (bicyclic) bond motifs is 3. The molecule has 44 heteroatoms. The molecule has 145 heavy (non-hydrogen) atoms. The van der Waals surface area contributed by atoms with E-state index in [9.17, 15) is 88.8 Å². The molecule has 3 aromatic heterocycles. The highest BCUT2D eigenvalue weighted by atomic mass is 79.9. The molecular formula is C101H106B3Br2Cl4F6N5O20S4. The summed E-state index contributed by atoms with van der Waals surface area (Å²) in [6, 6.07) is 36.7. The zero-order valence-corrected chi connectivity index (χ0v) is 92.2. The summed E-state index contributed by atoms with van der Waals surface area (Å²) in [7, 11) is -8.56. The van der Waals surface area contributed by atoms with Gasteiger partial charge in [0, 0.05) is 148 Å². The number of halogens is 12. The number of benzene rings is 8. The lowest BCUT2D eigenvalue weighted by molar-refractivity contribution is 0.00578. The minimum atomic E-state index is -3.39. The van der Waals surface area contributed by atoms with Gasteiger partial charge in [0.1, 0.15) is 40.6 Å². The Hall–Kier alpha value is -9.46. The van der Waals surface area contributed by atoms with Crippen molar-refractivity contribution in [3.63, 3.8) is 0 Å². The first kappa shape index (κ1) is 117. The fourth-order valence-corrected chi connectivity index (χ4v) is 20.2. The van der Waals surface area contributed by atoms with Gasteiger partial charge >= 0.3 is 21.1 Å². The summed E-state index contributed by atoms with van der Waals surface area (Å²) >= 11 is 30.6. The number of hydrogen-bond acceptors (Lipinski definition) is 22. The zero-order chi connectivity index (χ0) is 108. The second kappa shape index (κ2) is 46.3. The lowest BCUT2D eigenvalue weighted by atomic mass is 9.49. The van der Waals surface area contributed by atoms with Crippen molar-refractivity contribution < 1.29 is 102 Å². The number of aryl methyl sites for hydroxylation is 3. The number of rotatable bonds is 22. The van der Waals surface area contributed by atoms with E-state index < -0.39 is 124 Å². The molecule has 8 aromatic carbocycles. The van der Waals surface area contributed by atoms with E-state index in [0.29, 0.717) is 70.3 Å². The summed E-state index contributed by atoms with van der Waals surface area (Å²) in [6.07, 6.45) is 4.32. The van der Waals surface area contributed by atoms with E-state index in [1.54, 1.807) is 108 Å². The number of carbonyl (C=O) groups is 3. The molecule has 0 atom stereocenters. The minimum absolute atomic E-state index is 0.00322. The molecule has 0 unspecified atom stereocenters. The molecular weight excluding hydrogens is 2180 g/mol. The van der Waals surface area contributed by atoms with Gasteiger partial charge in [0.25, 0.3) is 16.7 Å². The Bertz CT molecular complexity index is 7530. The van der Waals surface area contributed by atoms with Crippen LogP contribution in [0.1, 0.15) is 192 Å². The summed E-state index contributed by atoms with van der Waals surface area (Å²) in [5, 5.41) is 6.36. The van der Waals surface area contributed by atoms with Gasteiger partial charge in [-0.2, -0.15) is 5.10 Å². The van der Waals surface area contributed by atoms with Crippen LogP contribution < -0.4 is 27.1 Å². The molecule has 0 saturated carbocycles. The van der Waals surface area contributed by atoms with Crippen molar-refractivity contribution in [2.45, 2.75) is 167 Å². The molecule has 11 aromatic rings. The molecule has 0 aliphatic carbocycles. The van der Waals surface area contributed by atoms with Gasteiger partial charge in [-0.25, -0.2) is 60.0 Å². The first-order valence-corrected chi connectivity index (χ1v) is 55.4. The standard InChI is InChI=1S/C23H21ClFN3O3S.C22H25BClFO5S.C22H18ClF2NO4S.C16H13BrClFO3S.C12H24B2O4.C6H5BrFNO/c1-4-32(30,31)13-14-5-7-16-18(9-14)19-12-27(2)22(29)11-21(19)28(3)26-23(16)17-8-6-15(25)10-20(17)24;1-6-31(27,28)13-14-7-9-16(20(26)17-10-8-15(25)12-19(17)24)18(11-14)23-29-21(2,3)22(4,5)30-23;1-3-31(29,30)12-13-4-6-15(22(28)16-7-5-14(24)9-19(16)23)17(8-13)18-11-26(2)21(27)10-20(18)25;1-2-23(21,22)9-10-3-5-12(14(17)7-10)16(20)13-6-4-11(19)8-15(13)18;1-9(2)10(3,4)16-13(15-9)14-17-11(5,6)12(7,8)18-14;1-9-3-4(7)5(8)2-6(9)10/h5-12H,4,13H2,1-3H3;7-12H,6,13H2,1-5H3;4-11H,3,12H2,1-2H3;3-8H,2,9H2,1H3;1-8H3;2-3H,1H3. The van der Waals surface area contributed by atoms with Crippen molar-refractivity contribution in [1.82, 2.24) is 13.7 Å². The Morgan fingerprint density at radius 2 is 0.655 bits per heavy atom. The molecule has 3 saturated heterocycles. The summed E-state index contributed by atoms with van der Waals surface area (Å²) < 4.78 is 218. The van der Waals surface area contributed by atoms with Crippen molar-refractivity contribution in [3.05, 3.63) is 344 Å². The molecule has 0 bridgehead atoms. The van der Waals surface area contributed by atoms with Crippen LogP contribution in [0.5, 0.6) is 0 Å². The number of anilines is 1. The van der Waals surface area contributed by atoms with E-state index in [0.717, 1.165) is 58.7 Å². The molecule has 15 rings (SSSR count). The number of ketones is 3. The number of hydrogen-bond donors (Lipinski definition) is 0. The van der Waals surface area contributed by atoms with E-state index in [2.05, 4.69) is 37.0 Å². The monoisotopic (exact) mass is 2280 g/mol. The van der Waals surface area contributed by atoms with Crippen LogP contribution in [0.25, 0.3) is 22.3 Å². The van der Waals surface area contributed by atoms with Crippen LogP contribution in [-0.2, 0) is 111 Å². The van der Waals surface area contributed by atoms with Crippen LogP contribution in [0.3, 0.4) is 0 Å². The smallest absolute Gasteiger partial charge is 0.405 e. The molecule has 0 radical (unpaired) electrons. The second-order valence-electron chi connectivity index (χ2n) is 37.4. The normalized spacial score (nSPS) is 15.7. The fraction of sp³-hybridized carbons (Fsp3) is 0.337. The number of pyridine rings is 3. The van der Waals surface area contributed by atoms with Gasteiger partial charge in [0.05, 0.1) is 86.9 Å². The lowest BCUT2D eigenvalue weighted by Gasteiger charge is -2.32. The highest BCUT2D eigenvalue weighted by molar-refractivity contribution is 9.10. The summed E-state index contributed by atoms with van der Waals surface area (Å²) in [5.41, 5.74) is 3.29. The number of carbonyl (C=O) groups excluding carboxylic acids is 3.